The van der Waals surface area contributed by atoms with Gasteiger partial charge in [0.05, 0.1) is 10.1 Å². The fraction of sp³-hybridized carbons (Fsp3) is 0.0833. The smallest absolute Gasteiger partial charge is 0.216 e. The Morgan fingerprint density at radius 1 is 0.793 bits per heavy atom. The second-order valence-electron chi connectivity index (χ2n) is 6.83. The van der Waals surface area contributed by atoms with Gasteiger partial charge < -0.3 is 5.09 Å². The number of hydrogen-bond donors (Lipinski definition) is 1. The van der Waals surface area contributed by atoms with Crippen LogP contribution in [0.3, 0.4) is 0 Å². The number of aryl methyl sites for hydroxylation is 2. The molecular weight excluding hydrogens is 420 g/mol. The molecule has 1 unspecified atom stereocenters. The van der Waals surface area contributed by atoms with Gasteiger partial charge in [0.25, 0.3) is 0 Å². The highest BCUT2D eigenvalue weighted by atomic mass is 35.5. The number of rotatable bonds is 6. The summed E-state index contributed by atoms with van der Waals surface area (Å²) in [5.41, 5.74) is 4.50. The lowest BCUT2D eigenvalue weighted by molar-refractivity contribution is 0.589. The molecule has 5 heteroatoms. The van der Waals surface area contributed by atoms with Gasteiger partial charge in [-0.05, 0) is 36.6 Å². The number of nitrogens with one attached hydrogen (secondary N) is 1. The van der Waals surface area contributed by atoms with Crippen molar-refractivity contribution in [2.45, 2.75) is 13.8 Å². The van der Waals surface area contributed by atoms with Crippen LogP contribution in [-0.4, -0.2) is 0 Å². The Morgan fingerprint density at radius 2 is 1.28 bits per heavy atom. The van der Waals surface area contributed by atoms with E-state index in [9.17, 15) is 4.57 Å². The van der Waals surface area contributed by atoms with Gasteiger partial charge in [-0.2, -0.15) is 0 Å². The van der Waals surface area contributed by atoms with Crippen LogP contribution in [0.4, 0.5) is 5.69 Å². The normalized spacial score (nSPS) is 14.3. The van der Waals surface area contributed by atoms with E-state index in [0.29, 0.717) is 10.1 Å². The van der Waals surface area contributed by atoms with E-state index in [4.69, 9.17) is 23.2 Å². The fourth-order valence-electron chi connectivity index (χ4n) is 2.91. The van der Waals surface area contributed by atoms with Gasteiger partial charge in [0.15, 0.2) is 0 Å². The van der Waals surface area contributed by atoms with Crippen LogP contribution in [0.2, 0.25) is 0 Å². The second-order valence-corrected chi connectivity index (χ2v) is 9.80. The number of benzene rings is 3. The molecule has 0 bridgehead atoms. The summed E-state index contributed by atoms with van der Waals surface area (Å²) in [6.07, 6.45) is 0. The van der Waals surface area contributed by atoms with Crippen molar-refractivity contribution < 1.29 is 4.57 Å². The topological polar surface area (TPSA) is 29.1 Å². The quantitative estimate of drug-likeness (QED) is 0.388. The maximum absolute atomic E-state index is 14.0. The van der Waals surface area contributed by atoms with Gasteiger partial charge in [0, 0.05) is 17.3 Å². The number of anilines is 1. The van der Waals surface area contributed by atoms with Gasteiger partial charge in [-0.3, -0.25) is 4.57 Å². The van der Waals surface area contributed by atoms with Crippen LogP contribution in [0, 0.1) is 13.8 Å². The molecule has 3 aromatic carbocycles. The lowest BCUT2D eigenvalue weighted by Gasteiger charge is -2.18. The van der Waals surface area contributed by atoms with Crippen molar-refractivity contribution in [3.05, 3.63) is 113 Å². The largest absolute Gasteiger partial charge is 0.330 e. The monoisotopic (exact) mass is 441 g/mol. The Labute approximate surface area is 182 Å². The van der Waals surface area contributed by atoms with Gasteiger partial charge in [-0.1, -0.05) is 102 Å². The first kappa shape index (κ1) is 21.5. The van der Waals surface area contributed by atoms with Crippen molar-refractivity contribution in [1.82, 2.24) is 0 Å². The summed E-state index contributed by atoms with van der Waals surface area (Å²) >= 11 is 13.1. The lowest BCUT2D eigenvalue weighted by Crippen LogP contribution is -1.96. The highest BCUT2D eigenvalue weighted by Crippen LogP contribution is 2.54. The number of halogens is 2. The van der Waals surface area contributed by atoms with E-state index in [-0.39, 0.29) is 0 Å². The molecule has 3 rings (SSSR count). The van der Waals surface area contributed by atoms with Gasteiger partial charge in [-0.25, -0.2) is 0 Å². The first-order chi connectivity index (χ1) is 13.9. The standard InChI is InChI=1S/C24H22Cl2NOP/c1-18-13-14-24(19(2)15-18)27-29(28,16-22(25)20-9-5-3-6-10-20)17-23(26)21-11-7-4-8-12-21/h3-17H,1-2H3,(H,27,28)/b22-16+,23-17?. The third-order valence-electron chi connectivity index (χ3n) is 4.39. The molecule has 0 heterocycles. The maximum Gasteiger partial charge on any atom is 0.216 e. The summed E-state index contributed by atoms with van der Waals surface area (Å²) in [4.78, 5) is 0. The summed E-state index contributed by atoms with van der Waals surface area (Å²) in [5.74, 6) is 3.13. The van der Waals surface area contributed by atoms with E-state index >= 15 is 0 Å². The first-order valence-electron chi connectivity index (χ1n) is 9.19. The van der Waals surface area contributed by atoms with Crippen LogP contribution in [0.25, 0.3) is 10.1 Å². The molecule has 0 aliphatic heterocycles. The van der Waals surface area contributed by atoms with Crippen LogP contribution in [0.5, 0.6) is 0 Å². The van der Waals surface area contributed by atoms with Crippen molar-refractivity contribution in [2.75, 3.05) is 5.09 Å². The van der Waals surface area contributed by atoms with Gasteiger partial charge in [0.1, 0.15) is 0 Å². The molecule has 0 amide bonds. The maximum atomic E-state index is 14.0. The van der Waals surface area contributed by atoms with Crippen molar-refractivity contribution in [3.8, 4) is 0 Å². The molecule has 0 saturated heterocycles. The number of hydrogen-bond acceptors (Lipinski definition) is 1. The van der Waals surface area contributed by atoms with E-state index in [1.807, 2.05) is 92.7 Å². The van der Waals surface area contributed by atoms with Gasteiger partial charge >= 0.3 is 0 Å². The summed E-state index contributed by atoms with van der Waals surface area (Å²) in [6, 6.07) is 24.8. The molecule has 0 saturated carbocycles. The Hall–Kier alpha value is -2.25. The highest BCUT2D eigenvalue weighted by molar-refractivity contribution is 7.72. The summed E-state index contributed by atoms with van der Waals surface area (Å²) < 4.78 is 14.0. The summed E-state index contributed by atoms with van der Waals surface area (Å²) in [5, 5.41) is 3.99. The first-order valence-corrected chi connectivity index (χ1v) is 11.8. The minimum absolute atomic E-state index is 0.403. The average molecular weight is 442 g/mol. The molecule has 2 nitrogen and oxygen atoms in total. The molecule has 0 spiro atoms. The van der Waals surface area contributed by atoms with E-state index in [2.05, 4.69) is 5.09 Å². The van der Waals surface area contributed by atoms with Crippen LogP contribution in [0.1, 0.15) is 22.3 Å². The molecule has 0 aliphatic carbocycles. The van der Waals surface area contributed by atoms with Gasteiger partial charge in [-0.15, -0.1) is 0 Å². The zero-order valence-electron chi connectivity index (χ0n) is 16.3. The van der Waals surface area contributed by atoms with Crippen LogP contribution < -0.4 is 5.09 Å². The molecule has 29 heavy (non-hydrogen) atoms. The van der Waals surface area contributed by atoms with E-state index in [0.717, 1.165) is 27.9 Å². The van der Waals surface area contributed by atoms with Crippen LogP contribution in [-0.2, 0) is 4.57 Å². The van der Waals surface area contributed by atoms with Crippen molar-refractivity contribution >= 4 is 46.2 Å². The third kappa shape index (κ3) is 5.87. The molecular formula is C24H22Cl2NOP. The van der Waals surface area contributed by atoms with Gasteiger partial charge in [0.2, 0.25) is 7.29 Å². The van der Waals surface area contributed by atoms with E-state index in [1.165, 1.54) is 0 Å². The van der Waals surface area contributed by atoms with Crippen LogP contribution >= 0.6 is 30.5 Å². The predicted octanol–water partition coefficient (Wildman–Crippen LogP) is 8.47. The van der Waals surface area contributed by atoms with Crippen molar-refractivity contribution in [2.24, 2.45) is 0 Å². The Balaban J connectivity index is 2.06. The minimum Gasteiger partial charge on any atom is -0.330 e. The molecule has 0 aromatic heterocycles. The second kappa shape index (κ2) is 9.50. The SMILES string of the molecule is Cc1ccc(NP(=O)(C=C(Cl)c2ccccc2)/C=C(/Cl)c2ccccc2)c(C)c1. The zero-order valence-corrected chi connectivity index (χ0v) is 18.7. The lowest BCUT2D eigenvalue weighted by atomic mass is 10.1. The zero-order chi connectivity index (χ0) is 20.9. The van der Waals surface area contributed by atoms with Crippen molar-refractivity contribution in [3.63, 3.8) is 0 Å². The molecule has 0 radical (unpaired) electrons. The molecule has 0 fully saturated rings. The molecule has 1 N–H and O–H groups in total. The fourth-order valence-corrected chi connectivity index (χ4v) is 5.83. The van der Waals surface area contributed by atoms with Crippen LogP contribution in [0.15, 0.2) is 90.5 Å². The molecule has 1 atom stereocenters. The highest BCUT2D eigenvalue weighted by Gasteiger charge is 2.20. The Bertz CT molecular complexity index is 1030. The average Bonchev–Trinajstić information content (AvgIpc) is 2.71. The minimum atomic E-state index is -3.26. The molecule has 0 aliphatic rings. The summed E-state index contributed by atoms with van der Waals surface area (Å²) in [6.45, 7) is 4.00. The van der Waals surface area contributed by atoms with Crippen molar-refractivity contribution in [1.29, 1.82) is 0 Å². The predicted molar refractivity (Wildman–Crippen MR) is 128 cm³/mol. The third-order valence-corrected chi connectivity index (χ3v) is 7.22. The Morgan fingerprint density at radius 3 is 1.72 bits per heavy atom. The molecule has 3 aromatic rings. The van der Waals surface area contributed by atoms with E-state index < -0.39 is 7.29 Å². The Kier molecular flexibility index (Phi) is 7.03. The summed E-state index contributed by atoms with van der Waals surface area (Å²) in [7, 11) is -3.26. The molecule has 148 valence electrons. The van der Waals surface area contributed by atoms with E-state index in [1.54, 1.807) is 11.6 Å².